The number of amides is 1. The summed E-state index contributed by atoms with van der Waals surface area (Å²) in [5, 5.41) is 11.7. The molecule has 182 valence electrons. The molecule has 8 heteroatoms. The summed E-state index contributed by atoms with van der Waals surface area (Å²) in [6, 6.07) is 17.2. The number of rotatable bonds is 5. The third-order valence-corrected chi connectivity index (χ3v) is 7.25. The molecule has 1 aliphatic rings. The second kappa shape index (κ2) is 9.13. The van der Waals surface area contributed by atoms with E-state index < -0.39 is 17.7 Å². The van der Waals surface area contributed by atoms with Crippen LogP contribution in [0.4, 0.5) is 5.13 Å². The Hall–Kier alpha value is -4.17. The number of aliphatic hydroxyl groups is 1. The number of anilines is 1. The van der Waals surface area contributed by atoms with Crippen molar-refractivity contribution in [3.05, 3.63) is 88.5 Å². The number of hydrogen-bond acceptors (Lipinski definition) is 7. The first kappa shape index (κ1) is 23.6. The zero-order valence-electron chi connectivity index (χ0n) is 20.2. The summed E-state index contributed by atoms with van der Waals surface area (Å²) in [5.41, 5.74) is 3.82. The Balaban J connectivity index is 1.75. The van der Waals surface area contributed by atoms with E-state index in [1.54, 1.807) is 30.3 Å². The Morgan fingerprint density at radius 1 is 0.917 bits per heavy atom. The zero-order valence-corrected chi connectivity index (χ0v) is 21.1. The quantitative estimate of drug-likeness (QED) is 0.219. The van der Waals surface area contributed by atoms with Gasteiger partial charge in [-0.1, -0.05) is 53.3 Å². The molecule has 1 N–H and O–H groups in total. The maximum atomic E-state index is 13.5. The van der Waals surface area contributed by atoms with Gasteiger partial charge in [-0.15, -0.1) is 0 Å². The molecule has 1 fully saturated rings. The molecule has 3 aromatic carbocycles. The molecule has 7 nitrogen and oxygen atoms in total. The van der Waals surface area contributed by atoms with E-state index in [2.05, 4.69) is 4.98 Å². The van der Waals surface area contributed by atoms with Crippen molar-refractivity contribution >= 4 is 44.1 Å². The van der Waals surface area contributed by atoms with Gasteiger partial charge in [0.1, 0.15) is 5.76 Å². The van der Waals surface area contributed by atoms with E-state index in [1.807, 2.05) is 44.2 Å². The van der Waals surface area contributed by atoms with E-state index in [0.717, 1.165) is 21.3 Å². The summed E-state index contributed by atoms with van der Waals surface area (Å²) in [6.45, 7) is 3.91. The monoisotopic (exact) mass is 500 g/mol. The minimum Gasteiger partial charge on any atom is -0.507 e. The molecule has 0 saturated carbocycles. The van der Waals surface area contributed by atoms with Crippen LogP contribution in [0.5, 0.6) is 11.5 Å². The van der Waals surface area contributed by atoms with Crippen molar-refractivity contribution in [3.63, 3.8) is 0 Å². The van der Waals surface area contributed by atoms with E-state index in [4.69, 9.17) is 9.47 Å². The standard InChI is InChI=1S/C28H24N2O5S/c1-15-5-8-17(9-6-15)25(31)23-24(18-10-12-20(34-3)21(14-18)35-4)30(27(33)26(23)32)28-29-19-11-7-16(2)13-22(19)36-28/h5-14,24,31H,1-4H3/b25-23+/t24-/m1/s1. The van der Waals surface area contributed by atoms with Crippen LogP contribution in [0, 0.1) is 13.8 Å². The van der Waals surface area contributed by atoms with Crippen molar-refractivity contribution < 1.29 is 24.2 Å². The Kier molecular flexibility index (Phi) is 5.97. The summed E-state index contributed by atoms with van der Waals surface area (Å²) < 4.78 is 11.7. The van der Waals surface area contributed by atoms with Crippen LogP contribution >= 0.6 is 11.3 Å². The summed E-state index contributed by atoms with van der Waals surface area (Å²) in [5.74, 6) is -0.821. The molecule has 0 bridgehead atoms. The Morgan fingerprint density at radius 3 is 2.31 bits per heavy atom. The maximum absolute atomic E-state index is 13.5. The van der Waals surface area contributed by atoms with Crippen molar-refractivity contribution in [1.29, 1.82) is 0 Å². The first-order chi connectivity index (χ1) is 17.3. The molecule has 4 aromatic rings. The molecule has 0 radical (unpaired) electrons. The topological polar surface area (TPSA) is 89.0 Å². The van der Waals surface area contributed by atoms with Crippen LogP contribution in [-0.4, -0.2) is 36.0 Å². The highest BCUT2D eigenvalue weighted by molar-refractivity contribution is 7.22. The number of ketones is 1. The number of Topliss-reactive ketones (excluding diaryl/α,β-unsaturated/α-hetero) is 1. The van der Waals surface area contributed by atoms with Crippen LogP contribution in [0.15, 0.2) is 66.2 Å². The predicted molar refractivity (Wildman–Crippen MR) is 140 cm³/mol. The molecule has 2 heterocycles. The average Bonchev–Trinajstić information content (AvgIpc) is 3.41. The number of ether oxygens (including phenoxy) is 2. The van der Waals surface area contributed by atoms with Crippen LogP contribution in [0.25, 0.3) is 16.0 Å². The lowest BCUT2D eigenvalue weighted by molar-refractivity contribution is -0.132. The Bertz CT molecular complexity index is 1540. The predicted octanol–water partition coefficient (Wildman–Crippen LogP) is 5.56. The lowest BCUT2D eigenvalue weighted by Crippen LogP contribution is -2.29. The van der Waals surface area contributed by atoms with Gasteiger partial charge < -0.3 is 14.6 Å². The van der Waals surface area contributed by atoms with Crippen molar-refractivity contribution in [1.82, 2.24) is 4.98 Å². The summed E-state index contributed by atoms with van der Waals surface area (Å²) in [6.07, 6.45) is 0. The lowest BCUT2D eigenvalue weighted by atomic mass is 9.95. The highest BCUT2D eigenvalue weighted by atomic mass is 32.1. The number of carbonyl (C=O) groups is 2. The number of aryl methyl sites for hydroxylation is 2. The third-order valence-electron chi connectivity index (χ3n) is 6.23. The molecule has 0 aliphatic carbocycles. The number of aromatic nitrogens is 1. The Labute approximate surface area is 212 Å². The molecule has 1 atom stereocenters. The second-order valence-corrected chi connectivity index (χ2v) is 9.63. The van der Waals surface area contributed by atoms with Gasteiger partial charge in [-0.05, 0) is 49.2 Å². The minimum atomic E-state index is -0.909. The molecule has 1 saturated heterocycles. The molecule has 1 aromatic heterocycles. The minimum absolute atomic E-state index is 0.00786. The van der Waals surface area contributed by atoms with Crippen molar-refractivity contribution in [2.45, 2.75) is 19.9 Å². The molecule has 1 amide bonds. The van der Waals surface area contributed by atoms with E-state index >= 15 is 0 Å². The van der Waals surface area contributed by atoms with Gasteiger partial charge in [-0.2, -0.15) is 0 Å². The Morgan fingerprint density at radius 2 is 1.61 bits per heavy atom. The fourth-order valence-electron chi connectivity index (χ4n) is 4.36. The maximum Gasteiger partial charge on any atom is 0.301 e. The van der Waals surface area contributed by atoms with Crippen LogP contribution in [0.2, 0.25) is 0 Å². The molecule has 0 unspecified atom stereocenters. The van der Waals surface area contributed by atoms with Crippen LogP contribution in [-0.2, 0) is 9.59 Å². The van der Waals surface area contributed by atoms with Gasteiger partial charge in [0.25, 0.3) is 5.78 Å². The van der Waals surface area contributed by atoms with Gasteiger partial charge >= 0.3 is 5.91 Å². The summed E-state index contributed by atoms with van der Waals surface area (Å²) in [7, 11) is 3.05. The number of fused-ring (bicyclic) bond motifs is 1. The molecule has 36 heavy (non-hydrogen) atoms. The van der Waals surface area contributed by atoms with Crippen molar-refractivity contribution in [2.24, 2.45) is 0 Å². The smallest absolute Gasteiger partial charge is 0.301 e. The van der Waals surface area contributed by atoms with E-state index in [9.17, 15) is 14.7 Å². The number of thiazole rings is 1. The van der Waals surface area contributed by atoms with Crippen LogP contribution < -0.4 is 14.4 Å². The van der Waals surface area contributed by atoms with Gasteiger partial charge in [-0.3, -0.25) is 14.5 Å². The summed E-state index contributed by atoms with van der Waals surface area (Å²) in [4.78, 5) is 32.9. The fourth-order valence-corrected chi connectivity index (χ4v) is 5.45. The average molecular weight is 501 g/mol. The SMILES string of the molecule is COc1ccc([C@@H]2/C(=C(\O)c3ccc(C)cc3)C(=O)C(=O)N2c2nc3ccc(C)cc3s2)cc1OC. The van der Waals surface area contributed by atoms with Gasteiger partial charge in [0.05, 0.1) is 36.1 Å². The van der Waals surface area contributed by atoms with Gasteiger partial charge in [-0.25, -0.2) is 4.98 Å². The molecular formula is C28H24N2O5S. The molecule has 1 aliphatic heterocycles. The third kappa shape index (κ3) is 3.89. The number of methoxy groups -OCH3 is 2. The zero-order chi connectivity index (χ0) is 25.6. The normalized spacial score (nSPS) is 17.1. The second-order valence-electron chi connectivity index (χ2n) is 8.62. The van der Waals surface area contributed by atoms with E-state index in [1.165, 1.54) is 30.5 Å². The first-order valence-electron chi connectivity index (χ1n) is 11.3. The molecular weight excluding hydrogens is 476 g/mol. The summed E-state index contributed by atoms with van der Waals surface area (Å²) >= 11 is 1.32. The van der Waals surface area contributed by atoms with Gasteiger partial charge in [0, 0.05) is 5.56 Å². The highest BCUT2D eigenvalue weighted by Gasteiger charge is 2.48. The molecule has 0 spiro atoms. The van der Waals surface area contributed by atoms with Crippen molar-refractivity contribution in [3.8, 4) is 11.5 Å². The number of nitrogens with zero attached hydrogens (tertiary/aromatic N) is 2. The first-order valence-corrected chi connectivity index (χ1v) is 12.1. The van der Waals surface area contributed by atoms with E-state index in [0.29, 0.717) is 27.8 Å². The van der Waals surface area contributed by atoms with Crippen molar-refractivity contribution in [2.75, 3.05) is 19.1 Å². The van der Waals surface area contributed by atoms with Gasteiger partial charge in [0.2, 0.25) is 0 Å². The number of aliphatic hydroxyl groups excluding tert-OH is 1. The van der Waals surface area contributed by atoms with Crippen LogP contribution in [0.1, 0.15) is 28.3 Å². The molecule has 5 rings (SSSR count). The van der Waals surface area contributed by atoms with E-state index in [-0.39, 0.29) is 11.3 Å². The lowest BCUT2D eigenvalue weighted by Gasteiger charge is -2.23. The van der Waals surface area contributed by atoms with Gasteiger partial charge in [0.15, 0.2) is 16.6 Å². The van der Waals surface area contributed by atoms with Crippen LogP contribution in [0.3, 0.4) is 0 Å². The fraction of sp³-hybridized carbons (Fsp3) is 0.179. The highest BCUT2D eigenvalue weighted by Crippen LogP contribution is 2.45. The largest absolute Gasteiger partial charge is 0.507 e. The number of benzene rings is 3. The number of hydrogen-bond donors (Lipinski definition) is 1. The number of carbonyl (C=O) groups excluding carboxylic acids is 2.